The van der Waals surface area contributed by atoms with Crippen molar-refractivity contribution >= 4 is 5.69 Å². The fourth-order valence-corrected chi connectivity index (χ4v) is 2.84. The van der Waals surface area contributed by atoms with Crippen molar-refractivity contribution in [3.63, 3.8) is 0 Å². The lowest BCUT2D eigenvalue weighted by atomic mass is 10.0. The van der Waals surface area contributed by atoms with Crippen molar-refractivity contribution in [2.24, 2.45) is 0 Å². The number of rotatable bonds is 6. The van der Waals surface area contributed by atoms with Crippen molar-refractivity contribution in [1.82, 2.24) is 5.32 Å². The molecular formula is C16H26N2O2. The van der Waals surface area contributed by atoms with Crippen LogP contribution < -0.4 is 10.2 Å². The van der Waals surface area contributed by atoms with E-state index in [1.807, 2.05) is 0 Å². The van der Waals surface area contributed by atoms with E-state index in [2.05, 4.69) is 48.3 Å². The number of aliphatic hydroxyl groups is 1. The molecule has 0 aromatic heterocycles. The fraction of sp³-hybridized carbons (Fsp3) is 0.625. The molecule has 4 nitrogen and oxygen atoms in total. The SMILES string of the molecule is CCNC(CC)c1ccccc1N1CCOC(CO)C1. The van der Waals surface area contributed by atoms with Gasteiger partial charge in [-0.15, -0.1) is 0 Å². The second-order valence-corrected chi connectivity index (χ2v) is 5.20. The Kier molecular flexibility index (Phi) is 5.83. The average molecular weight is 278 g/mol. The van der Waals surface area contributed by atoms with Crippen LogP contribution in [0.15, 0.2) is 24.3 Å². The third kappa shape index (κ3) is 3.51. The summed E-state index contributed by atoms with van der Waals surface area (Å²) >= 11 is 0. The monoisotopic (exact) mass is 278 g/mol. The number of anilines is 1. The average Bonchev–Trinajstić information content (AvgIpc) is 2.52. The summed E-state index contributed by atoms with van der Waals surface area (Å²) in [6.45, 7) is 7.73. The lowest BCUT2D eigenvalue weighted by Crippen LogP contribution is -2.44. The molecule has 0 aliphatic carbocycles. The summed E-state index contributed by atoms with van der Waals surface area (Å²) in [5, 5.41) is 12.8. The summed E-state index contributed by atoms with van der Waals surface area (Å²) in [6.07, 6.45) is 0.995. The highest BCUT2D eigenvalue weighted by molar-refractivity contribution is 5.55. The van der Waals surface area contributed by atoms with E-state index in [1.165, 1.54) is 11.3 Å². The Balaban J connectivity index is 2.22. The van der Waals surface area contributed by atoms with E-state index in [1.54, 1.807) is 0 Å². The summed E-state index contributed by atoms with van der Waals surface area (Å²) in [7, 11) is 0. The summed E-state index contributed by atoms with van der Waals surface area (Å²) in [6, 6.07) is 8.95. The van der Waals surface area contributed by atoms with Crippen molar-refractivity contribution in [1.29, 1.82) is 0 Å². The van der Waals surface area contributed by atoms with Gasteiger partial charge in [0.1, 0.15) is 0 Å². The van der Waals surface area contributed by atoms with Crippen LogP contribution in [0.5, 0.6) is 0 Å². The molecule has 1 fully saturated rings. The molecule has 0 spiro atoms. The highest BCUT2D eigenvalue weighted by Gasteiger charge is 2.23. The Morgan fingerprint density at radius 3 is 2.90 bits per heavy atom. The van der Waals surface area contributed by atoms with Gasteiger partial charge in [-0.2, -0.15) is 0 Å². The molecule has 2 atom stereocenters. The van der Waals surface area contributed by atoms with Gasteiger partial charge in [0.15, 0.2) is 0 Å². The fourth-order valence-electron chi connectivity index (χ4n) is 2.84. The van der Waals surface area contributed by atoms with E-state index in [4.69, 9.17) is 4.74 Å². The van der Waals surface area contributed by atoms with Gasteiger partial charge < -0.3 is 20.1 Å². The standard InChI is InChI=1S/C16H26N2O2/c1-3-15(17-4-2)14-7-5-6-8-16(14)18-9-10-20-13(11-18)12-19/h5-8,13,15,17,19H,3-4,9-12H2,1-2H3. The number of hydrogen-bond acceptors (Lipinski definition) is 4. The van der Waals surface area contributed by atoms with Crippen molar-refractivity contribution in [2.75, 3.05) is 37.7 Å². The Morgan fingerprint density at radius 2 is 2.20 bits per heavy atom. The van der Waals surface area contributed by atoms with Crippen molar-refractivity contribution in [2.45, 2.75) is 32.4 Å². The van der Waals surface area contributed by atoms with Gasteiger partial charge in [0.2, 0.25) is 0 Å². The Hall–Kier alpha value is -1.10. The summed E-state index contributed by atoms with van der Waals surface area (Å²) in [5.41, 5.74) is 2.61. The molecule has 2 N–H and O–H groups in total. The number of ether oxygens (including phenoxy) is 1. The molecule has 1 saturated heterocycles. The third-order valence-electron chi connectivity index (χ3n) is 3.85. The molecular weight excluding hydrogens is 252 g/mol. The van der Waals surface area contributed by atoms with Crippen LogP contribution in [0.25, 0.3) is 0 Å². The third-order valence-corrected chi connectivity index (χ3v) is 3.85. The van der Waals surface area contributed by atoms with E-state index in [-0.39, 0.29) is 12.7 Å². The molecule has 2 rings (SSSR count). The first kappa shape index (κ1) is 15.3. The molecule has 0 saturated carbocycles. The second kappa shape index (κ2) is 7.62. The van der Waals surface area contributed by atoms with E-state index >= 15 is 0 Å². The molecule has 1 heterocycles. The Labute approximate surface area is 121 Å². The van der Waals surface area contributed by atoms with Gasteiger partial charge in [0, 0.05) is 24.8 Å². The molecule has 112 valence electrons. The molecule has 0 radical (unpaired) electrons. The van der Waals surface area contributed by atoms with Crippen LogP contribution in [0.1, 0.15) is 31.9 Å². The number of hydrogen-bond donors (Lipinski definition) is 2. The lowest BCUT2D eigenvalue weighted by molar-refractivity contribution is 0.00350. The zero-order chi connectivity index (χ0) is 14.4. The number of benzene rings is 1. The van der Waals surface area contributed by atoms with Crippen LogP contribution in [0.2, 0.25) is 0 Å². The number of aliphatic hydroxyl groups excluding tert-OH is 1. The van der Waals surface area contributed by atoms with Gasteiger partial charge in [0.25, 0.3) is 0 Å². The second-order valence-electron chi connectivity index (χ2n) is 5.20. The first-order valence-corrected chi connectivity index (χ1v) is 7.59. The first-order chi connectivity index (χ1) is 9.80. The van der Waals surface area contributed by atoms with Crippen LogP contribution in [0.3, 0.4) is 0 Å². The van der Waals surface area contributed by atoms with Gasteiger partial charge in [-0.1, -0.05) is 32.0 Å². The molecule has 0 amide bonds. The zero-order valence-corrected chi connectivity index (χ0v) is 12.5. The molecule has 1 aromatic carbocycles. The smallest absolute Gasteiger partial charge is 0.0980 e. The maximum atomic E-state index is 9.30. The van der Waals surface area contributed by atoms with Crippen LogP contribution in [-0.2, 0) is 4.74 Å². The highest BCUT2D eigenvalue weighted by Crippen LogP contribution is 2.29. The quantitative estimate of drug-likeness (QED) is 0.835. The largest absolute Gasteiger partial charge is 0.394 e. The Bertz CT molecular complexity index is 411. The highest BCUT2D eigenvalue weighted by atomic mass is 16.5. The number of morpholine rings is 1. The molecule has 1 aliphatic rings. The van der Waals surface area contributed by atoms with Crippen molar-refractivity contribution in [3.05, 3.63) is 29.8 Å². The summed E-state index contributed by atoms with van der Waals surface area (Å²) < 4.78 is 5.55. The molecule has 0 bridgehead atoms. The van der Waals surface area contributed by atoms with Gasteiger partial charge in [0.05, 0.1) is 19.3 Å². The van der Waals surface area contributed by atoms with Crippen LogP contribution in [-0.4, -0.2) is 44.1 Å². The molecule has 1 aromatic rings. The van der Waals surface area contributed by atoms with Crippen molar-refractivity contribution in [3.8, 4) is 0 Å². The normalized spacial score (nSPS) is 20.9. The van der Waals surface area contributed by atoms with Crippen LogP contribution in [0.4, 0.5) is 5.69 Å². The zero-order valence-electron chi connectivity index (χ0n) is 12.5. The number of nitrogens with zero attached hydrogens (tertiary/aromatic N) is 1. The molecule has 4 heteroatoms. The maximum absolute atomic E-state index is 9.30. The number of nitrogens with one attached hydrogen (secondary N) is 1. The maximum Gasteiger partial charge on any atom is 0.0980 e. The van der Waals surface area contributed by atoms with E-state index in [0.717, 1.165) is 26.1 Å². The Morgan fingerprint density at radius 1 is 1.40 bits per heavy atom. The predicted octanol–water partition coefficient (Wildman–Crippen LogP) is 1.94. The molecule has 1 aliphatic heterocycles. The molecule has 20 heavy (non-hydrogen) atoms. The van der Waals surface area contributed by atoms with Gasteiger partial charge in [-0.05, 0) is 24.6 Å². The minimum Gasteiger partial charge on any atom is -0.394 e. The van der Waals surface area contributed by atoms with Crippen molar-refractivity contribution < 1.29 is 9.84 Å². The van der Waals surface area contributed by atoms with Gasteiger partial charge in [-0.25, -0.2) is 0 Å². The van der Waals surface area contributed by atoms with Gasteiger partial charge >= 0.3 is 0 Å². The van der Waals surface area contributed by atoms with E-state index in [0.29, 0.717) is 12.6 Å². The summed E-state index contributed by atoms with van der Waals surface area (Å²) in [5.74, 6) is 0. The van der Waals surface area contributed by atoms with E-state index in [9.17, 15) is 5.11 Å². The minimum atomic E-state index is -0.0731. The first-order valence-electron chi connectivity index (χ1n) is 7.59. The van der Waals surface area contributed by atoms with Gasteiger partial charge in [-0.3, -0.25) is 0 Å². The molecule has 2 unspecified atom stereocenters. The van der Waals surface area contributed by atoms with Crippen LogP contribution >= 0.6 is 0 Å². The lowest BCUT2D eigenvalue weighted by Gasteiger charge is -2.36. The predicted molar refractivity (Wildman–Crippen MR) is 82.2 cm³/mol. The number of para-hydroxylation sites is 1. The van der Waals surface area contributed by atoms with E-state index < -0.39 is 0 Å². The van der Waals surface area contributed by atoms with Crippen LogP contribution in [0, 0.1) is 0 Å². The minimum absolute atomic E-state index is 0.0731. The topological polar surface area (TPSA) is 44.7 Å². The summed E-state index contributed by atoms with van der Waals surface area (Å²) in [4.78, 5) is 2.33.